The van der Waals surface area contributed by atoms with Crippen LogP contribution in [0.4, 0.5) is 26.7 Å². The molecule has 12 nitrogen and oxygen atoms in total. The summed E-state index contributed by atoms with van der Waals surface area (Å²) in [6.45, 7) is 5.16. The second-order valence-electron chi connectivity index (χ2n) is 14.4. The predicted octanol–water partition coefficient (Wildman–Crippen LogP) is 6.45. The summed E-state index contributed by atoms with van der Waals surface area (Å²) in [5.41, 5.74) is 4.20. The summed E-state index contributed by atoms with van der Waals surface area (Å²) in [4.78, 5) is 37.4. The number of halogens is 6. The van der Waals surface area contributed by atoms with Gasteiger partial charge in [-0.05, 0) is 60.4 Å². The number of nitrogens with one attached hydrogen (secondary N) is 1. The van der Waals surface area contributed by atoms with E-state index in [0.29, 0.717) is 6.42 Å². The van der Waals surface area contributed by atoms with E-state index in [1.54, 1.807) is 10.9 Å². The minimum Gasteiger partial charge on any atom is -0.447 e. The first-order valence-electron chi connectivity index (χ1n) is 16.4. The van der Waals surface area contributed by atoms with Crippen molar-refractivity contribution in [1.82, 2.24) is 34.8 Å². The molecule has 0 spiro atoms. The van der Waals surface area contributed by atoms with Gasteiger partial charge in [-0.15, -0.1) is 0 Å². The number of benzene rings is 1. The molecule has 0 bridgehead atoms. The molecule has 2 aromatic heterocycles. The van der Waals surface area contributed by atoms with Crippen LogP contribution in [0.25, 0.3) is 11.3 Å². The Hall–Kier alpha value is -4.80. The molecule has 18 heteroatoms. The van der Waals surface area contributed by atoms with Gasteiger partial charge in [0.1, 0.15) is 18.5 Å². The molecule has 52 heavy (non-hydrogen) atoms. The molecule has 0 saturated heterocycles. The van der Waals surface area contributed by atoms with Crippen LogP contribution in [0.1, 0.15) is 76.0 Å². The molecule has 1 aromatic carbocycles. The van der Waals surface area contributed by atoms with Gasteiger partial charge >= 0.3 is 12.3 Å². The number of alkyl carbamates (subject to hydrolysis) is 1. The maximum absolute atomic E-state index is 14.9. The number of hydrogen-bond donors (Lipinski definition) is 2. The highest BCUT2D eigenvalue weighted by Crippen LogP contribution is 2.49. The molecule has 1 aliphatic heterocycles. The number of guanidine groups is 1. The fourth-order valence-corrected chi connectivity index (χ4v) is 7.03. The second-order valence-corrected chi connectivity index (χ2v) is 14.8. The Bertz CT molecular complexity index is 1960. The van der Waals surface area contributed by atoms with Crippen molar-refractivity contribution in [2.24, 2.45) is 29.1 Å². The first kappa shape index (κ1) is 37.0. The van der Waals surface area contributed by atoms with Gasteiger partial charge in [0.05, 0.1) is 22.4 Å². The van der Waals surface area contributed by atoms with Crippen LogP contribution >= 0.6 is 11.6 Å². The van der Waals surface area contributed by atoms with Crippen LogP contribution in [0.5, 0.6) is 0 Å². The number of rotatable bonds is 10. The molecule has 0 radical (unpaired) electrons. The lowest BCUT2D eigenvalue weighted by Gasteiger charge is -2.38. The Labute approximate surface area is 300 Å². The van der Waals surface area contributed by atoms with Crippen molar-refractivity contribution in [3.63, 3.8) is 0 Å². The largest absolute Gasteiger partial charge is 0.447 e. The van der Waals surface area contributed by atoms with Crippen molar-refractivity contribution in [2.75, 3.05) is 6.61 Å². The quantitative estimate of drug-likeness (QED) is 0.227. The lowest BCUT2D eigenvalue weighted by molar-refractivity contribution is -0.164. The number of aryl methyl sites for hydroxylation is 1. The molecule has 2 amide bonds. The van der Waals surface area contributed by atoms with Crippen molar-refractivity contribution in [1.29, 1.82) is 0 Å². The van der Waals surface area contributed by atoms with Crippen molar-refractivity contribution in [3.8, 4) is 5.69 Å². The Morgan fingerprint density at radius 2 is 1.90 bits per heavy atom. The third-order valence-corrected chi connectivity index (χ3v) is 9.77. The van der Waals surface area contributed by atoms with E-state index in [-0.39, 0.29) is 41.5 Å². The lowest BCUT2D eigenvalue weighted by Crippen LogP contribution is -2.52. The molecule has 3 heterocycles. The Kier molecular flexibility index (Phi) is 9.47. The minimum absolute atomic E-state index is 0.00534. The molecule has 1 saturated carbocycles. The summed E-state index contributed by atoms with van der Waals surface area (Å²) in [6.07, 6.45) is -0.708. The van der Waals surface area contributed by atoms with Gasteiger partial charge in [0, 0.05) is 19.2 Å². The summed E-state index contributed by atoms with van der Waals surface area (Å²) in [7, 11) is 1.82. The summed E-state index contributed by atoms with van der Waals surface area (Å²) >= 11 is 6.43. The number of carbonyl (C=O) groups is 2. The Morgan fingerprint density at radius 1 is 1.17 bits per heavy atom. The molecule has 1 fully saturated rings. The smallest absolute Gasteiger partial charge is 0.411 e. The van der Waals surface area contributed by atoms with Crippen molar-refractivity contribution in [3.05, 3.63) is 77.1 Å². The van der Waals surface area contributed by atoms with Gasteiger partial charge in [-0.25, -0.2) is 28.2 Å². The lowest BCUT2D eigenvalue weighted by atomic mass is 9.70. The van der Waals surface area contributed by atoms with Crippen LogP contribution in [0, 0.1) is 11.3 Å². The molecule has 3 aromatic rings. The number of nitrogens with two attached hydrogens (primary N) is 1. The normalized spacial score (nSPS) is 22.0. The third-order valence-electron chi connectivity index (χ3n) is 9.45. The number of aromatic nitrogens is 5. The molecule has 3 aliphatic rings. The summed E-state index contributed by atoms with van der Waals surface area (Å²) < 4.78 is 76.5. The second kappa shape index (κ2) is 13.3. The number of amides is 2. The van der Waals surface area contributed by atoms with Crippen LogP contribution in [0.15, 0.2) is 60.0 Å². The number of ether oxygens (including phenoxy) is 1. The first-order valence-corrected chi connectivity index (χ1v) is 16.8. The maximum Gasteiger partial charge on any atom is 0.411 e. The van der Waals surface area contributed by atoms with E-state index in [1.807, 2.05) is 57.4 Å². The van der Waals surface area contributed by atoms with E-state index in [4.69, 9.17) is 27.1 Å². The van der Waals surface area contributed by atoms with Gasteiger partial charge in [0.2, 0.25) is 0 Å². The standard InChI is InChI=1S/C34H37ClF5N9O3/c1-31(2,3)17-33(21-8-5-19(6-9-21)23-11-14-43-47(23)4)28(50)48(29(41)45-33)25(16-52-30(51)46-32(12-13-32)34(38,39)40)20-7-10-22(35)24(15-20)49-27(26(36)37)42-18-44-49/h5-8,10-11,14-15,18,21,25-26H,9,12-13,16-17H2,1-4H3,(H2,41,45)(H,46,51)/t21?,25-,33-/m1/s1. The van der Waals surface area contributed by atoms with E-state index in [9.17, 15) is 31.5 Å². The Morgan fingerprint density at radius 3 is 2.48 bits per heavy atom. The van der Waals surface area contributed by atoms with Gasteiger partial charge in [-0.1, -0.05) is 56.7 Å². The van der Waals surface area contributed by atoms with Crippen LogP contribution in [0.2, 0.25) is 5.02 Å². The van der Waals surface area contributed by atoms with Gasteiger partial charge in [0.25, 0.3) is 12.3 Å². The van der Waals surface area contributed by atoms with E-state index in [0.717, 1.165) is 27.2 Å². The van der Waals surface area contributed by atoms with E-state index < -0.39 is 65.5 Å². The van der Waals surface area contributed by atoms with Crippen LogP contribution in [-0.4, -0.2) is 71.3 Å². The molecule has 278 valence electrons. The Balaban J connectivity index is 1.38. The van der Waals surface area contributed by atoms with Crippen LogP contribution < -0.4 is 11.1 Å². The van der Waals surface area contributed by atoms with Crippen LogP contribution in [0.3, 0.4) is 0 Å². The fraction of sp³-hybridized carbons (Fsp3) is 0.471. The van der Waals surface area contributed by atoms with Crippen molar-refractivity contribution < 1.29 is 36.3 Å². The number of nitrogens with zero attached hydrogens (tertiary/aromatic N) is 7. The van der Waals surface area contributed by atoms with E-state index >= 15 is 0 Å². The van der Waals surface area contributed by atoms with Gasteiger partial charge < -0.3 is 15.8 Å². The zero-order chi connectivity index (χ0) is 37.8. The number of carbonyl (C=O) groups excluding carboxylic acids is 2. The van der Waals surface area contributed by atoms with E-state index in [1.165, 1.54) is 18.2 Å². The topological polar surface area (TPSA) is 146 Å². The summed E-state index contributed by atoms with van der Waals surface area (Å²) in [5, 5.41) is 10.0. The van der Waals surface area contributed by atoms with Crippen molar-refractivity contribution >= 4 is 35.1 Å². The number of alkyl halides is 5. The highest BCUT2D eigenvalue weighted by Gasteiger charge is 2.65. The van der Waals surface area contributed by atoms with E-state index in [2.05, 4.69) is 15.2 Å². The van der Waals surface area contributed by atoms with Gasteiger partial charge in [0.15, 0.2) is 17.3 Å². The molecule has 6 rings (SSSR count). The maximum atomic E-state index is 14.9. The van der Waals surface area contributed by atoms with Gasteiger partial charge in [-0.3, -0.25) is 14.4 Å². The number of aliphatic imine (C=N–C) groups is 1. The highest BCUT2D eigenvalue weighted by molar-refractivity contribution is 6.32. The molecular formula is C34H37ClF5N9O3. The molecule has 2 aliphatic carbocycles. The highest BCUT2D eigenvalue weighted by atomic mass is 35.5. The molecule has 3 atom stereocenters. The molecule has 3 N–H and O–H groups in total. The summed E-state index contributed by atoms with van der Waals surface area (Å²) in [6, 6.07) is 4.75. The zero-order valence-corrected chi connectivity index (χ0v) is 29.4. The molecule has 1 unspecified atom stereocenters. The number of allylic oxidation sites excluding steroid dienone is 3. The monoisotopic (exact) mass is 749 g/mol. The SMILES string of the molecule is Cn1nccc1C1=CCC([C@@]2(CC(C)(C)C)N=C(N)N([C@H](COC(=O)NC3(C(F)(F)F)CC3)c3ccc(Cl)c(-n4ncnc4C(F)F)c3)C2=O)C=C1. The predicted molar refractivity (Wildman–Crippen MR) is 180 cm³/mol. The van der Waals surface area contributed by atoms with Gasteiger partial charge in [-0.2, -0.15) is 23.4 Å². The zero-order valence-electron chi connectivity index (χ0n) is 28.7. The number of hydrogen-bond acceptors (Lipinski definition) is 8. The first-order chi connectivity index (χ1) is 24.4. The van der Waals surface area contributed by atoms with Crippen molar-refractivity contribution in [2.45, 2.75) is 76.2 Å². The summed E-state index contributed by atoms with van der Waals surface area (Å²) in [5.74, 6) is -1.95. The van der Waals surface area contributed by atoms with Crippen LogP contribution in [-0.2, 0) is 16.6 Å². The fourth-order valence-electron chi connectivity index (χ4n) is 6.83. The average Bonchev–Trinajstić information content (AvgIpc) is 3.37. The minimum atomic E-state index is -4.70. The average molecular weight is 750 g/mol. The molecular weight excluding hydrogens is 713 g/mol. The third kappa shape index (κ3) is 6.89.